The van der Waals surface area contributed by atoms with Crippen LogP contribution in [0, 0.1) is 0 Å². The highest BCUT2D eigenvalue weighted by molar-refractivity contribution is 5.76. The van der Waals surface area contributed by atoms with Crippen LogP contribution >= 0.6 is 0 Å². The lowest BCUT2D eigenvalue weighted by Crippen LogP contribution is -2.65. The molecule has 0 bridgehead atoms. The molecule has 0 aromatic heterocycles. The number of rotatable bonds is 47. The van der Waals surface area contributed by atoms with Gasteiger partial charge in [0.25, 0.3) is 0 Å². The minimum atomic E-state index is -1.80. The Morgan fingerprint density at radius 3 is 1.41 bits per heavy atom. The quantitative estimate of drug-likeness (QED) is 0.0204. The van der Waals surface area contributed by atoms with E-state index >= 15 is 0 Å². The second-order valence-corrected chi connectivity index (χ2v) is 21.1. The Morgan fingerprint density at radius 2 is 0.897 bits per heavy atom. The molecule has 0 saturated carbocycles. The first kappa shape index (κ1) is 71.0. The third-order valence-electron chi connectivity index (χ3n) is 14.3. The van der Waals surface area contributed by atoms with Gasteiger partial charge >= 0.3 is 0 Å². The van der Waals surface area contributed by atoms with Gasteiger partial charge in [0, 0.05) is 6.42 Å². The van der Waals surface area contributed by atoms with Crippen LogP contribution in [0.1, 0.15) is 206 Å². The van der Waals surface area contributed by atoms with E-state index in [1.165, 1.54) is 96.3 Å². The number of carbonyl (C=O) groups is 1. The lowest BCUT2D eigenvalue weighted by molar-refractivity contribution is -0.359. The maximum atomic E-state index is 13.3. The van der Waals surface area contributed by atoms with E-state index in [1.54, 1.807) is 6.08 Å². The second-order valence-electron chi connectivity index (χ2n) is 21.1. The zero-order valence-corrected chi connectivity index (χ0v) is 48.1. The van der Waals surface area contributed by atoms with E-state index in [1.807, 2.05) is 6.08 Å². The number of aliphatic hydroxyl groups is 8. The van der Waals surface area contributed by atoms with Crippen molar-refractivity contribution < 1.29 is 64.6 Å². The van der Waals surface area contributed by atoms with E-state index in [0.717, 1.165) is 77.0 Å². The summed E-state index contributed by atoms with van der Waals surface area (Å²) in [5.41, 5.74) is 0. The summed E-state index contributed by atoms with van der Waals surface area (Å²) in [5.74, 6) is -0.258. The summed E-state index contributed by atoms with van der Waals surface area (Å²) in [6, 6.07) is -0.940. The van der Waals surface area contributed by atoms with Crippen molar-refractivity contribution in [1.29, 1.82) is 0 Å². The van der Waals surface area contributed by atoms with Crippen LogP contribution in [0.3, 0.4) is 0 Å². The van der Waals surface area contributed by atoms with Crippen LogP contribution in [0.2, 0.25) is 0 Å². The monoisotopic (exact) mass is 1100 g/mol. The standard InChI is InChI=1S/C64H109NO13/c1-3-5-7-9-11-13-15-17-19-20-21-22-23-24-25-26-27-28-29-30-31-32-34-36-38-40-42-44-46-48-56(69)65-52(53(68)47-45-43-41-39-37-35-33-18-16-14-12-10-8-6-4-2)51-75-63-61(74)59(72)62(55(50-67)77-63)78-64-60(73)58(71)57(70)54(49-66)76-64/h5,7,11,13,17,19,21-22,24-25,27-28,37,39,45,47,52-55,57-64,66-68,70-74H,3-4,6,8-10,12,14-16,18,20,23,26,29-36,38,40-44,46,48-51H2,1-2H3,(H,65,69)/b7-5-,13-11-,19-17-,22-21-,25-24-,28-27-,39-37+,47-45+. The average Bonchev–Trinajstić information content (AvgIpc) is 3.47. The molecule has 14 nitrogen and oxygen atoms in total. The molecular weight excluding hydrogens is 991 g/mol. The Bertz CT molecular complexity index is 1680. The average molecular weight is 1100 g/mol. The van der Waals surface area contributed by atoms with Gasteiger partial charge in [-0.05, 0) is 83.5 Å². The lowest BCUT2D eigenvalue weighted by atomic mass is 9.97. The number of nitrogens with one attached hydrogen (secondary N) is 1. The van der Waals surface area contributed by atoms with Gasteiger partial charge in [0.1, 0.15) is 48.8 Å². The number of allylic oxidation sites excluding steroid dienone is 15. The van der Waals surface area contributed by atoms with Gasteiger partial charge in [-0.25, -0.2) is 0 Å². The fourth-order valence-corrected chi connectivity index (χ4v) is 9.37. The fourth-order valence-electron chi connectivity index (χ4n) is 9.37. The van der Waals surface area contributed by atoms with E-state index in [4.69, 9.17) is 18.9 Å². The highest BCUT2D eigenvalue weighted by Crippen LogP contribution is 2.30. The third kappa shape index (κ3) is 33.6. The van der Waals surface area contributed by atoms with Gasteiger partial charge in [-0.2, -0.15) is 0 Å². The number of aliphatic hydroxyl groups excluding tert-OH is 8. The molecule has 2 aliphatic heterocycles. The molecule has 12 unspecified atom stereocenters. The van der Waals surface area contributed by atoms with Crippen molar-refractivity contribution in [2.24, 2.45) is 0 Å². The maximum Gasteiger partial charge on any atom is 0.220 e. The topological polar surface area (TPSA) is 228 Å². The smallest absolute Gasteiger partial charge is 0.220 e. The molecule has 1 amide bonds. The van der Waals surface area contributed by atoms with Gasteiger partial charge in [0.2, 0.25) is 5.91 Å². The predicted molar refractivity (Wildman–Crippen MR) is 313 cm³/mol. The SMILES string of the molecule is CC/C=C\C/C=C\C/C=C\C/C=C\C/C=C\C/C=C\CCCCCCCCCCCCC(=O)NC(COC1OC(CO)C(OC2OC(CO)C(O)C(O)C2O)C(O)C1O)C(O)/C=C/CC/C=C/CCCCCCCCCCC. The molecule has 2 aliphatic rings. The summed E-state index contributed by atoms with van der Waals surface area (Å²) >= 11 is 0. The Kier molecular flexibility index (Phi) is 44.3. The molecule has 448 valence electrons. The van der Waals surface area contributed by atoms with E-state index < -0.39 is 86.8 Å². The Hall–Kier alpha value is -3.09. The molecule has 0 radical (unpaired) electrons. The molecule has 9 N–H and O–H groups in total. The van der Waals surface area contributed by atoms with Gasteiger partial charge < -0.3 is 65.1 Å². The van der Waals surface area contributed by atoms with Gasteiger partial charge in [0.15, 0.2) is 12.6 Å². The highest BCUT2D eigenvalue weighted by atomic mass is 16.7. The maximum absolute atomic E-state index is 13.3. The molecular formula is C64H109NO13. The molecule has 0 aliphatic carbocycles. The van der Waals surface area contributed by atoms with E-state index in [-0.39, 0.29) is 18.9 Å². The molecule has 2 rings (SSSR count). The van der Waals surface area contributed by atoms with Crippen molar-refractivity contribution in [2.75, 3.05) is 19.8 Å². The number of hydrogen-bond acceptors (Lipinski definition) is 13. The summed E-state index contributed by atoms with van der Waals surface area (Å²) in [6.07, 6.45) is 50.2. The minimum Gasteiger partial charge on any atom is -0.394 e. The molecule has 2 saturated heterocycles. The second kappa shape index (κ2) is 48.6. The summed E-state index contributed by atoms with van der Waals surface area (Å²) in [4.78, 5) is 13.3. The predicted octanol–water partition coefficient (Wildman–Crippen LogP) is 10.7. The molecule has 14 heteroatoms. The van der Waals surface area contributed by atoms with Crippen LogP contribution in [0.4, 0.5) is 0 Å². The highest BCUT2D eigenvalue weighted by Gasteiger charge is 2.51. The summed E-state index contributed by atoms with van der Waals surface area (Å²) in [5, 5.41) is 87.1. The van der Waals surface area contributed by atoms with Gasteiger partial charge in [-0.15, -0.1) is 0 Å². The van der Waals surface area contributed by atoms with Crippen molar-refractivity contribution >= 4 is 5.91 Å². The summed E-state index contributed by atoms with van der Waals surface area (Å²) in [6.45, 7) is 2.65. The van der Waals surface area contributed by atoms with Gasteiger partial charge in [0.05, 0.1) is 32.0 Å². The third-order valence-corrected chi connectivity index (χ3v) is 14.3. The number of hydrogen-bond donors (Lipinski definition) is 9. The normalized spacial score (nSPS) is 25.3. The van der Waals surface area contributed by atoms with Crippen LogP contribution in [-0.2, 0) is 23.7 Å². The van der Waals surface area contributed by atoms with E-state index in [0.29, 0.717) is 12.8 Å². The van der Waals surface area contributed by atoms with Gasteiger partial charge in [-0.3, -0.25) is 4.79 Å². The fraction of sp³-hybridized carbons (Fsp3) is 0.734. The van der Waals surface area contributed by atoms with Gasteiger partial charge in [-0.1, -0.05) is 214 Å². The van der Waals surface area contributed by atoms with Crippen LogP contribution in [0.25, 0.3) is 0 Å². The van der Waals surface area contributed by atoms with E-state index in [2.05, 4.69) is 104 Å². The van der Waals surface area contributed by atoms with Crippen molar-refractivity contribution in [2.45, 2.75) is 280 Å². The molecule has 2 heterocycles. The summed E-state index contributed by atoms with van der Waals surface area (Å²) < 4.78 is 22.7. The minimum absolute atomic E-state index is 0.258. The Labute approximate surface area is 471 Å². The molecule has 0 aromatic rings. The van der Waals surface area contributed by atoms with Crippen molar-refractivity contribution in [3.8, 4) is 0 Å². The number of unbranched alkanes of at least 4 members (excludes halogenated alkanes) is 20. The Balaban J connectivity index is 1.73. The van der Waals surface area contributed by atoms with Crippen LogP contribution < -0.4 is 5.32 Å². The molecule has 0 aromatic carbocycles. The first-order valence-electron chi connectivity index (χ1n) is 30.5. The first-order chi connectivity index (χ1) is 38.1. The van der Waals surface area contributed by atoms with Crippen molar-refractivity contribution in [3.05, 3.63) is 97.2 Å². The van der Waals surface area contributed by atoms with Crippen LogP contribution in [0.5, 0.6) is 0 Å². The van der Waals surface area contributed by atoms with Crippen molar-refractivity contribution in [1.82, 2.24) is 5.32 Å². The number of ether oxygens (including phenoxy) is 4. The zero-order chi connectivity index (χ0) is 56.7. The molecule has 0 spiro atoms. The summed E-state index contributed by atoms with van der Waals surface area (Å²) in [7, 11) is 0. The van der Waals surface area contributed by atoms with E-state index in [9.17, 15) is 45.6 Å². The molecule has 78 heavy (non-hydrogen) atoms. The first-order valence-corrected chi connectivity index (χ1v) is 30.5. The number of carbonyl (C=O) groups excluding carboxylic acids is 1. The number of amides is 1. The van der Waals surface area contributed by atoms with Crippen LogP contribution in [-0.4, -0.2) is 140 Å². The molecule has 12 atom stereocenters. The van der Waals surface area contributed by atoms with Crippen LogP contribution in [0.15, 0.2) is 97.2 Å². The molecule has 2 fully saturated rings. The zero-order valence-electron chi connectivity index (χ0n) is 48.1. The lowest BCUT2D eigenvalue weighted by Gasteiger charge is -2.46. The Morgan fingerprint density at radius 1 is 0.474 bits per heavy atom. The largest absolute Gasteiger partial charge is 0.394 e. The van der Waals surface area contributed by atoms with Crippen molar-refractivity contribution in [3.63, 3.8) is 0 Å².